The second kappa shape index (κ2) is 5.66. The molecular weight excluding hydrogens is 246 g/mol. The molecule has 7 nitrogen and oxygen atoms in total. The lowest BCUT2D eigenvalue weighted by atomic mass is 10.3. The van der Waals surface area contributed by atoms with E-state index in [0.29, 0.717) is 11.5 Å². The minimum Gasteiger partial charge on any atom is -0.355 e. The van der Waals surface area contributed by atoms with E-state index >= 15 is 0 Å². The third-order valence-electron chi connectivity index (χ3n) is 3.00. The minimum atomic E-state index is -0.413. The number of imidazole rings is 1. The Kier molecular flexibility index (Phi) is 3.96. The second-order valence-electron chi connectivity index (χ2n) is 4.37. The maximum Gasteiger partial charge on any atom is 0.271 e. The molecule has 1 aromatic heterocycles. The third-order valence-corrected chi connectivity index (χ3v) is 3.00. The summed E-state index contributed by atoms with van der Waals surface area (Å²) in [4.78, 5) is 19.8. The van der Waals surface area contributed by atoms with Crippen LogP contribution in [0.15, 0.2) is 18.2 Å². The standard InChI is InChI=1S/C12H17N5O2/c1-3-16(2)7-6-13-12-14-10-5-4-9(17(18)19)8-11(10)15-12/h4-5,8H,3,6-7H2,1-2H3,(H2,13,14,15). The number of nitrogens with zero attached hydrogens (tertiary/aromatic N) is 3. The summed E-state index contributed by atoms with van der Waals surface area (Å²) in [6, 6.07) is 4.59. The lowest BCUT2D eigenvalue weighted by Gasteiger charge is -2.13. The van der Waals surface area contributed by atoms with Crippen molar-refractivity contribution in [3.05, 3.63) is 28.3 Å². The Bertz CT molecular complexity index is 581. The van der Waals surface area contributed by atoms with Crippen LogP contribution in [-0.4, -0.2) is 46.5 Å². The van der Waals surface area contributed by atoms with E-state index in [1.807, 2.05) is 7.05 Å². The summed E-state index contributed by atoms with van der Waals surface area (Å²) in [5.74, 6) is 0.639. The first-order valence-corrected chi connectivity index (χ1v) is 6.16. The molecule has 0 bridgehead atoms. The Morgan fingerprint density at radius 1 is 1.53 bits per heavy atom. The fraction of sp³-hybridized carbons (Fsp3) is 0.417. The summed E-state index contributed by atoms with van der Waals surface area (Å²) in [5, 5.41) is 13.9. The van der Waals surface area contributed by atoms with E-state index in [2.05, 4.69) is 27.1 Å². The summed E-state index contributed by atoms with van der Waals surface area (Å²) in [6.07, 6.45) is 0. The molecule has 0 aliphatic carbocycles. The molecule has 19 heavy (non-hydrogen) atoms. The number of H-pyrrole nitrogens is 1. The summed E-state index contributed by atoms with van der Waals surface area (Å²) >= 11 is 0. The van der Waals surface area contributed by atoms with E-state index in [9.17, 15) is 10.1 Å². The van der Waals surface area contributed by atoms with Gasteiger partial charge in [-0.15, -0.1) is 0 Å². The fourth-order valence-electron chi connectivity index (χ4n) is 1.72. The number of rotatable bonds is 6. The Morgan fingerprint density at radius 2 is 2.32 bits per heavy atom. The van der Waals surface area contributed by atoms with Crippen molar-refractivity contribution < 1.29 is 4.92 Å². The second-order valence-corrected chi connectivity index (χ2v) is 4.37. The van der Waals surface area contributed by atoms with Gasteiger partial charge in [-0.05, 0) is 19.7 Å². The molecule has 2 rings (SSSR count). The average Bonchev–Trinajstić information content (AvgIpc) is 2.79. The van der Waals surface area contributed by atoms with Gasteiger partial charge in [0.1, 0.15) is 0 Å². The van der Waals surface area contributed by atoms with Gasteiger partial charge in [-0.2, -0.15) is 0 Å². The van der Waals surface area contributed by atoms with Crippen molar-refractivity contribution in [1.29, 1.82) is 0 Å². The van der Waals surface area contributed by atoms with Crippen molar-refractivity contribution in [1.82, 2.24) is 14.9 Å². The Labute approximate surface area is 110 Å². The zero-order valence-electron chi connectivity index (χ0n) is 11.0. The van der Waals surface area contributed by atoms with Gasteiger partial charge >= 0.3 is 0 Å². The highest BCUT2D eigenvalue weighted by Crippen LogP contribution is 2.20. The summed E-state index contributed by atoms with van der Waals surface area (Å²) in [5.41, 5.74) is 1.45. The third kappa shape index (κ3) is 3.19. The Morgan fingerprint density at radius 3 is 3.00 bits per heavy atom. The average molecular weight is 263 g/mol. The summed E-state index contributed by atoms with van der Waals surface area (Å²) in [6.45, 7) is 4.77. The number of non-ortho nitro benzene ring substituents is 1. The van der Waals surface area contributed by atoms with Crippen LogP contribution in [-0.2, 0) is 0 Å². The van der Waals surface area contributed by atoms with Crippen LogP contribution in [0.5, 0.6) is 0 Å². The predicted molar refractivity (Wildman–Crippen MR) is 74.4 cm³/mol. The fourth-order valence-corrected chi connectivity index (χ4v) is 1.72. The molecule has 102 valence electrons. The number of aromatic nitrogens is 2. The van der Waals surface area contributed by atoms with Crippen LogP contribution in [0, 0.1) is 10.1 Å². The molecule has 0 saturated carbocycles. The van der Waals surface area contributed by atoms with E-state index in [1.54, 1.807) is 6.07 Å². The number of nitrogens with one attached hydrogen (secondary N) is 2. The predicted octanol–water partition coefficient (Wildman–Crippen LogP) is 1.83. The minimum absolute atomic E-state index is 0.0633. The number of aromatic amines is 1. The summed E-state index contributed by atoms with van der Waals surface area (Å²) in [7, 11) is 2.05. The number of hydrogen-bond acceptors (Lipinski definition) is 5. The highest BCUT2D eigenvalue weighted by molar-refractivity contribution is 5.79. The molecule has 2 N–H and O–H groups in total. The number of nitro groups is 1. The van der Waals surface area contributed by atoms with Gasteiger partial charge in [-0.1, -0.05) is 6.92 Å². The van der Waals surface area contributed by atoms with Crippen molar-refractivity contribution in [2.24, 2.45) is 0 Å². The highest BCUT2D eigenvalue weighted by atomic mass is 16.6. The lowest BCUT2D eigenvalue weighted by Crippen LogP contribution is -2.24. The van der Waals surface area contributed by atoms with Crippen LogP contribution in [0.1, 0.15) is 6.92 Å². The maximum absolute atomic E-state index is 10.7. The van der Waals surface area contributed by atoms with Gasteiger partial charge in [0.25, 0.3) is 5.69 Å². The smallest absolute Gasteiger partial charge is 0.271 e. The molecule has 0 amide bonds. The number of anilines is 1. The van der Waals surface area contributed by atoms with Gasteiger partial charge < -0.3 is 15.2 Å². The van der Waals surface area contributed by atoms with Crippen molar-refractivity contribution in [3.8, 4) is 0 Å². The molecule has 0 radical (unpaired) electrons. The molecule has 0 unspecified atom stereocenters. The monoisotopic (exact) mass is 263 g/mol. The van der Waals surface area contributed by atoms with Gasteiger partial charge in [0, 0.05) is 25.2 Å². The zero-order valence-corrected chi connectivity index (χ0v) is 11.0. The number of fused-ring (bicyclic) bond motifs is 1. The Hall–Kier alpha value is -2.15. The van der Waals surface area contributed by atoms with Crippen LogP contribution < -0.4 is 5.32 Å². The van der Waals surface area contributed by atoms with Crippen LogP contribution >= 0.6 is 0 Å². The van der Waals surface area contributed by atoms with E-state index in [-0.39, 0.29) is 5.69 Å². The number of hydrogen-bond donors (Lipinski definition) is 2. The number of nitro benzene ring substituents is 1. The van der Waals surface area contributed by atoms with Crippen molar-refractivity contribution >= 4 is 22.7 Å². The quantitative estimate of drug-likeness (QED) is 0.613. The van der Waals surface area contributed by atoms with E-state index in [0.717, 1.165) is 25.2 Å². The van der Waals surface area contributed by atoms with Gasteiger partial charge in [-0.25, -0.2) is 4.98 Å². The zero-order chi connectivity index (χ0) is 13.8. The normalized spacial score (nSPS) is 11.1. The summed E-state index contributed by atoms with van der Waals surface area (Å²) < 4.78 is 0. The first kappa shape index (κ1) is 13.3. The molecule has 7 heteroatoms. The molecule has 0 spiro atoms. The van der Waals surface area contributed by atoms with Crippen molar-refractivity contribution in [2.45, 2.75) is 6.92 Å². The molecular formula is C12H17N5O2. The topological polar surface area (TPSA) is 87.1 Å². The van der Waals surface area contributed by atoms with Crippen LogP contribution in [0.2, 0.25) is 0 Å². The van der Waals surface area contributed by atoms with Gasteiger partial charge in [0.2, 0.25) is 5.95 Å². The SMILES string of the molecule is CCN(C)CCNc1nc2ccc([N+](=O)[O-])cc2[nH]1. The molecule has 0 aliphatic heterocycles. The molecule has 2 aromatic rings. The first-order valence-electron chi connectivity index (χ1n) is 6.16. The lowest BCUT2D eigenvalue weighted by molar-refractivity contribution is -0.384. The van der Waals surface area contributed by atoms with E-state index in [4.69, 9.17) is 0 Å². The molecule has 0 saturated heterocycles. The van der Waals surface area contributed by atoms with E-state index < -0.39 is 4.92 Å². The molecule has 0 fully saturated rings. The van der Waals surface area contributed by atoms with E-state index in [1.165, 1.54) is 12.1 Å². The van der Waals surface area contributed by atoms with Crippen LogP contribution in [0.25, 0.3) is 11.0 Å². The van der Waals surface area contributed by atoms with Gasteiger partial charge in [0.05, 0.1) is 16.0 Å². The van der Waals surface area contributed by atoms with Crippen LogP contribution in [0.4, 0.5) is 11.6 Å². The highest BCUT2D eigenvalue weighted by Gasteiger charge is 2.09. The number of benzene rings is 1. The molecule has 1 heterocycles. The molecule has 0 aliphatic rings. The first-order chi connectivity index (χ1) is 9.10. The number of likely N-dealkylation sites (N-methyl/N-ethyl adjacent to an activating group) is 1. The van der Waals surface area contributed by atoms with Crippen molar-refractivity contribution in [3.63, 3.8) is 0 Å². The maximum atomic E-state index is 10.7. The van der Waals surface area contributed by atoms with Gasteiger partial charge in [0.15, 0.2) is 0 Å². The largest absolute Gasteiger partial charge is 0.355 e. The molecule has 1 aromatic carbocycles. The Balaban J connectivity index is 2.07. The molecule has 0 atom stereocenters. The van der Waals surface area contributed by atoms with Gasteiger partial charge in [-0.3, -0.25) is 10.1 Å². The van der Waals surface area contributed by atoms with Crippen molar-refractivity contribution in [2.75, 3.05) is 32.0 Å². The van der Waals surface area contributed by atoms with Crippen LogP contribution in [0.3, 0.4) is 0 Å².